The number of alkyl halides is 3. The van der Waals surface area contributed by atoms with Crippen molar-refractivity contribution < 1.29 is 17.9 Å². The van der Waals surface area contributed by atoms with Crippen molar-refractivity contribution in [1.82, 2.24) is 0 Å². The summed E-state index contributed by atoms with van der Waals surface area (Å²) in [6.07, 6.45) is -4.31. The van der Waals surface area contributed by atoms with Crippen LogP contribution in [0.1, 0.15) is 18.1 Å². The van der Waals surface area contributed by atoms with Gasteiger partial charge in [0.1, 0.15) is 5.75 Å². The molecule has 0 aliphatic rings. The Morgan fingerprint density at radius 3 is 2.36 bits per heavy atom. The maximum Gasteiger partial charge on any atom is 0.416 e. The Morgan fingerprint density at radius 1 is 1.21 bits per heavy atom. The van der Waals surface area contributed by atoms with Gasteiger partial charge in [-0.05, 0) is 37.6 Å². The molecule has 1 nitrogen and oxygen atoms in total. The predicted molar refractivity (Wildman–Crippen MR) is 47.4 cm³/mol. The van der Waals surface area contributed by atoms with E-state index in [2.05, 4.69) is 0 Å². The van der Waals surface area contributed by atoms with Gasteiger partial charge in [0.15, 0.2) is 0 Å². The van der Waals surface area contributed by atoms with Gasteiger partial charge >= 0.3 is 6.18 Å². The van der Waals surface area contributed by atoms with Crippen LogP contribution in [0.15, 0.2) is 18.2 Å². The molecule has 4 heteroatoms. The molecule has 1 rings (SSSR count). The van der Waals surface area contributed by atoms with Crippen LogP contribution in [0.2, 0.25) is 0 Å². The lowest BCUT2D eigenvalue weighted by Gasteiger charge is -2.10. The highest BCUT2D eigenvalue weighted by atomic mass is 19.4. The first-order chi connectivity index (χ1) is 6.43. The zero-order valence-corrected chi connectivity index (χ0v) is 7.98. The molecule has 78 valence electrons. The van der Waals surface area contributed by atoms with E-state index >= 15 is 0 Å². The normalized spacial score (nSPS) is 11.5. The minimum absolute atomic E-state index is 0.264. The van der Waals surface area contributed by atoms with E-state index in [0.29, 0.717) is 12.2 Å². The summed E-state index contributed by atoms with van der Waals surface area (Å²) >= 11 is 0. The molecule has 0 spiro atoms. The number of halogens is 3. The third-order valence-electron chi connectivity index (χ3n) is 1.69. The summed E-state index contributed by atoms with van der Waals surface area (Å²) in [5.41, 5.74) is -0.121. The average Bonchev–Trinajstić information content (AvgIpc) is 2.02. The molecular formula is C10H11F3O. The number of hydrogen-bond donors (Lipinski definition) is 0. The van der Waals surface area contributed by atoms with Gasteiger partial charge in [-0.15, -0.1) is 0 Å². The van der Waals surface area contributed by atoms with Crippen molar-refractivity contribution in [3.05, 3.63) is 29.3 Å². The molecule has 0 N–H and O–H groups in total. The quantitative estimate of drug-likeness (QED) is 0.717. The number of benzene rings is 1. The molecule has 0 amide bonds. The van der Waals surface area contributed by atoms with Gasteiger partial charge in [0.2, 0.25) is 0 Å². The largest absolute Gasteiger partial charge is 0.494 e. The van der Waals surface area contributed by atoms with Crippen LogP contribution >= 0.6 is 0 Å². The van der Waals surface area contributed by atoms with E-state index in [1.165, 1.54) is 0 Å². The zero-order valence-electron chi connectivity index (χ0n) is 7.98. The molecule has 1 aromatic rings. The summed E-state index contributed by atoms with van der Waals surface area (Å²) < 4.78 is 42.0. The van der Waals surface area contributed by atoms with Crippen LogP contribution in [-0.2, 0) is 6.18 Å². The van der Waals surface area contributed by atoms with Crippen molar-refractivity contribution in [3.63, 3.8) is 0 Å². The van der Waals surface area contributed by atoms with E-state index < -0.39 is 11.7 Å². The van der Waals surface area contributed by atoms with Gasteiger partial charge in [0.05, 0.1) is 12.2 Å². The Morgan fingerprint density at radius 2 is 1.86 bits per heavy atom. The van der Waals surface area contributed by atoms with Gasteiger partial charge in [0.25, 0.3) is 0 Å². The SMILES string of the molecule is CCOc1cc(C)cc(C(F)(F)F)c1. The third-order valence-corrected chi connectivity index (χ3v) is 1.69. The highest BCUT2D eigenvalue weighted by molar-refractivity contribution is 5.35. The molecular weight excluding hydrogens is 193 g/mol. The second-order valence-corrected chi connectivity index (χ2v) is 2.97. The van der Waals surface area contributed by atoms with Crippen molar-refractivity contribution >= 4 is 0 Å². The topological polar surface area (TPSA) is 9.23 Å². The van der Waals surface area contributed by atoms with Gasteiger partial charge in [-0.3, -0.25) is 0 Å². The number of rotatable bonds is 2. The van der Waals surface area contributed by atoms with E-state index in [1.54, 1.807) is 19.9 Å². The van der Waals surface area contributed by atoms with Crippen LogP contribution in [-0.4, -0.2) is 6.61 Å². The van der Waals surface area contributed by atoms with Crippen molar-refractivity contribution in [1.29, 1.82) is 0 Å². The second-order valence-electron chi connectivity index (χ2n) is 2.97. The highest BCUT2D eigenvalue weighted by Crippen LogP contribution is 2.32. The van der Waals surface area contributed by atoms with Gasteiger partial charge in [-0.1, -0.05) is 0 Å². The van der Waals surface area contributed by atoms with E-state index in [9.17, 15) is 13.2 Å². The Bertz CT molecular complexity index is 318. The Hall–Kier alpha value is -1.19. The molecule has 0 saturated carbocycles. The third kappa shape index (κ3) is 2.65. The van der Waals surface area contributed by atoms with Gasteiger partial charge in [-0.25, -0.2) is 0 Å². The Labute approximate surface area is 80.5 Å². The molecule has 0 heterocycles. The van der Waals surface area contributed by atoms with E-state index in [1.807, 2.05) is 0 Å². The summed E-state index contributed by atoms with van der Waals surface area (Å²) in [5, 5.41) is 0. The summed E-state index contributed by atoms with van der Waals surface area (Å²) in [5.74, 6) is 0.264. The van der Waals surface area contributed by atoms with Crippen LogP contribution in [0.5, 0.6) is 5.75 Å². The van der Waals surface area contributed by atoms with E-state index in [4.69, 9.17) is 4.74 Å². The number of ether oxygens (including phenoxy) is 1. The lowest BCUT2D eigenvalue weighted by molar-refractivity contribution is -0.137. The lowest BCUT2D eigenvalue weighted by atomic mass is 10.1. The maximum atomic E-state index is 12.3. The lowest BCUT2D eigenvalue weighted by Crippen LogP contribution is -2.06. The molecule has 0 atom stereocenters. The predicted octanol–water partition coefficient (Wildman–Crippen LogP) is 3.41. The van der Waals surface area contributed by atoms with E-state index in [0.717, 1.165) is 12.1 Å². The van der Waals surface area contributed by atoms with Crippen molar-refractivity contribution in [3.8, 4) is 5.75 Å². The number of hydrogen-bond acceptors (Lipinski definition) is 1. The van der Waals surface area contributed by atoms with Gasteiger partial charge in [-0.2, -0.15) is 13.2 Å². The first-order valence-corrected chi connectivity index (χ1v) is 4.25. The molecule has 0 bridgehead atoms. The van der Waals surface area contributed by atoms with E-state index in [-0.39, 0.29) is 5.75 Å². The molecule has 0 fully saturated rings. The molecule has 14 heavy (non-hydrogen) atoms. The zero-order chi connectivity index (χ0) is 10.8. The summed E-state index contributed by atoms with van der Waals surface area (Å²) in [6, 6.07) is 3.69. The average molecular weight is 204 g/mol. The van der Waals surface area contributed by atoms with Gasteiger partial charge < -0.3 is 4.74 Å². The van der Waals surface area contributed by atoms with Crippen LogP contribution in [0.4, 0.5) is 13.2 Å². The highest BCUT2D eigenvalue weighted by Gasteiger charge is 2.31. The molecule has 1 aromatic carbocycles. The fraction of sp³-hybridized carbons (Fsp3) is 0.400. The molecule has 0 saturated heterocycles. The molecule has 0 aromatic heterocycles. The fourth-order valence-corrected chi connectivity index (χ4v) is 1.16. The summed E-state index contributed by atoms with van der Waals surface area (Å²) in [4.78, 5) is 0. The van der Waals surface area contributed by atoms with Crippen molar-refractivity contribution in [2.75, 3.05) is 6.61 Å². The minimum atomic E-state index is -4.31. The first-order valence-electron chi connectivity index (χ1n) is 4.25. The van der Waals surface area contributed by atoms with Crippen LogP contribution in [0, 0.1) is 6.92 Å². The summed E-state index contributed by atoms with van der Waals surface area (Å²) in [6.45, 7) is 3.70. The van der Waals surface area contributed by atoms with Crippen LogP contribution in [0.25, 0.3) is 0 Å². The molecule has 0 radical (unpaired) electrons. The molecule has 0 unspecified atom stereocenters. The first kappa shape index (κ1) is 10.9. The fourth-order valence-electron chi connectivity index (χ4n) is 1.16. The maximum absolute atomic E-state index is 12.3. The standard InChI is InChI=1S/C10H11F3O/c1-3-14-9-5-7(2)4-8(6-9)10(11,12)13/h4-6H,3H2,1-2H3. The molecule has 0 aliphatic heterocycles. The second kappa shape index (κ2) is 3.90. The monoisotopic (exact) mass is 204 g/mol. The van der Waals surface area contributed by atoms with Crippen molar-refractivity contribution in [2.24, 2.45) is 0 Å². The van der Waals surface area contributed by atoms with Crippen LogP contribution < -0.4 is 4.74 Å². The summed E-state index contributed by atoms with van der Waals surface area (Å²) in [7, 11) is 0. The van der Waals surface area contributed by atoms with Crippen LogP contribution in [0.3, 0.4) is 0 Å². The van der Waals surface area contributed by atoms with Crippen molar-refractivity contribution in [2.45, 2.75) is 20.0 Å². The smallest absolute Gasteiger partial charge is 0.416 e. The minimum Gasteiger partial charge on any atom is -0.494 e. The Balaban J connectivity index is 3.07. The molecule has 0 aliphatic carbocycles. The number of aryl methyl sites for hydroxylation is 1. The Kier molecular flexibility index (Phi) is 3.03. The van der Waals surface area contributed by atoms with Gasteiger partial charge in [0, 0.05) is 0 Å².